The molecule has 1 heterocycles. The minimum atomic E-state index is -0.361. The maximum absolute atomic E-state index is 11.0. The lowest BCUT2D eigenvalue weighted by Crippen LogP contribution is -2.42. The second-order valence-corrected chi connectivity index (χ2v) is 5.73. The molecule has 5 nitrogen and oxygen atoms in total. The number of likely N-dealkylation sites (N-methyl/N-ethyl adjacent to an activating group) is 1. The number of rotatable bonds is 5. The van der Waals surface area contributed by atoms with E-state index in [2.05, 4.69) is 17.3 Å². The van der Waals surface area contributed by atoms with Crippen LogP contribution in [-0.4, -0.2) is 36.0 Å². The Hall–Kier alpha value is -1.17. The molecule has 0 spiro atoms. The van der Waals surface area contributed by atoms with Crippen molar-refractivity contribution >= 4 is 17.3 Å². The smallest absolute Gasteiger partial charge is 0.273 e. The third kappa shape index (κ3) is 3.91. The Morgan fingerprint density at radius 3 is 3.00 bits per heavy atom. The van der Waals surface area contributed by atoms with E-state index in [0.29, 0.717) is 23.2 Å². The van der Waals surface area contributed by atoms with Crippen molar-refractivity contribution in [3.63, 3.8) is 0 Å². The number of halogens is 1. The van der Waals surface area contributed by atoms with E-state index in [0.717, 1.165) is 13.1 Å². The standard InChI is InChI=1S/C14H20ClN3O2/c1-17-7-3-2-4-13(17)10-16-9-11-8-12(15)5-6-14(11)18(19)20/h5-6,8,13,16H,2-4,7,9-10H2,1H3. The third-order valence-corrected chi connectivity index (χ3v) is 4.09. The molecule has 2 rings (SSSR count). The van der Waals surface area contributed by atoms with E-state index in [1.165, 1.54) is 25.3 Å². The molecule has 1 N–H and O–H groups in total. The lowest BCUT2D eigenvalue weighted by Gasteiger charge is -2.32. The van der Waals surface area contributed by atoms with E-state index in [-0.39, 0.29) is 10.6 Å². The lowest BCUT2D eigenvalue weighted by atomic mass is 10.0. The number of hydrogen-bond donors (Lipinski definition) is 1. The first-order chi connectivity index (χ1) is 9.58. The fourth-order valence-corrected chi connectivity index (χ4v) is 2.84. The third-order valence-electron chi connectivity index (χ3n) is 3.86. The summed E-state index contributed by atoms with van der Waals surface area (Å²) in [5.41, 5.74) is 0.764. The van der Waals surface area contributed by atoms with Crippen LogP contribution in [0.25, 0.3) is 0 Å². The summed E-state index contributed by atoms with van der Waals surface area (Å²) < 4.78 is 0. The predicted molar refractivity (Wildman–Crippen MR) is 80.1 cm³/mol. The molecule has 1 aliphatic heterocycles. The van der Waals surface area contributed by atoms with E-state index >= 15 is 0 Å². The maximum Gasteiger partial charge on any atom is 0.273 e. The van der Waals surface area contributed by atoms with Crippen molar-refractivity contribution in [2.45, 2.75) is 31.8 Å². The molecule has 110 valence electrons. The van der Waals surface area contributed by atoms with Crippen LogP contribution in [-0.2, 0) is 6.54 Å². The highest BCUT2D eigenvalue weighted by Crippen LogP contribution is 2.22. The quantitative estimate of drug-likeness (QED) is 0.671. The molecule has 0 bridgehead atoms. The van der Waals surface area contributed by atoms with Gasteiger partial charge >= 0.3 is 0 Å². The van der Waals surface area contributed by atoms with Gasteiger partial charge in [-0.05, 0) is 38.6 Å². The van der Waals surface area contributed by atoms with Gasteiger partial charge in [-0.15, -0.1) is 0 Å². The second kappa shape index (κ2) is 7.02. The maximum atomic E-state index is 11.0. The molecule has 1 fully saturated rings. The molecule has 1 aromatic carbocycles. The van der Waals surface area contributed by atoms with Gasteiger partial charge in [0.15, 0.2) is 0 Å². The number of benzene rings is 1. The molecule has 0 aliphatic carbocycles. The van der Waals surface area contributed by atoms with Gasteiger partial charge in [-0.25, -0.2) is 0 Å². The van der Waals surface area contributed by atoms with Gasteiger partial charge in [-0.1, -0.05) is 18.0 Å². The number of nitrogens with zero attached hydrogens (tertiary/aromatic N) is 2. The van der Waals surface area contributed by atoms with E-state index in [9.17, 15) is 10.1 Å². The van der Waals surface area contributed by atoms with E-state index in [4.69, 9.17) is 11.6 Å². The van der Waals surface area contributed by atoms with Gasteiger partial charge in [0, 0.05) is 35.8 Å². The Labute approximate surface area is 124 Å². The molecule has 0 radical (unpaired) electrons. The van der Waals surface area contributed by atoms with Crippen LogP contribution in [0.4, 0.5) is 5.69 Å². The van der Waals surface area contributed by atoms with Gasteiger partial charge in [0.1, 0.15) is 0 Å². The van der Waals surface area contributed by atoms with E-state index < -0.39 is 0 Å². The van der Waals surface area contributed by atoms with Gasteiger partial charge in [-0.2, -0.15) is 0 Å². The number of piperidine rings is 1. The van der Waals surface area contributed by atoms with Crippen molar-refractivity contribution in [2.75, 3.05) is 20.1 Å². The zero-order chi connectivity index (χ0) is 14.5. The summed E-state index contributed by atoms with van der Waals surface area (Å²) in [5, 5.41) is 14.8. The molecule has 1 aromatic rings. The monoisotopic (exact) mass is 297 g/mol. The van der Waals surface area contributed by atoms with Crippen molar-refractivity contribution in [1.29, 1.82) is 0 Å². The summed E-state index contributed by atoms with van der Waals surface area (Å²) in [6, 6.07) is 5.20. The number of hydrogen-bond acceptors (Lipinski definition) is 4. The van der Waals surface area contributed by atoms with Crippen LogP contribution >= 0.6 is 11.6 Å². The number of nitro groups is 1. The van der Waals surface area contributed by atoms with Gasteiger partial charge in [0.05, 0.1) is 4.92 Å². The number of nitro benzene ring substituents is 1. The van der Waals surface area contributed by atoms with E-state index in [1.54, 1.807) is 12.1 Å². The molecular weight excluding hydrogens is 278 g/mol. The van der Waals surface area contributed by atoms with Crippen LogP contribution < -0.4 is 5.32 Å². The zero-order valence-electron chi connectivity index (χ0n) is 11.6. The molecule has 0 aromatic heterocycles. The Kier molecular flexibility index (Phi) is 5.34. The minimum Gasteiger partial charge on any atom is -0.311 e. The summed E-state index contributed by atoms with van der Waals surface area (Å²) >= 11 is 5.91. The van der Waals surface area contributed by atoms with Gasteiger partial charge < -0.3 is 10.2 Å². The van der Waals surface area contributed by atoms with Crippen LogP contribution in [0.5, 0.6) is 0 Å². The first-order valence-electron chi connectivity index (χ1n) is 6.91. The van der Waals surface area contributed by atoms with E-state index in [1.807, 2.05) is 0 Å². The fraction of sp³-hybridized carbons (Fsp3) is 0.571. The Morgan fingerprint density at radius 1 is 1.50 bits per heavy atom. The number of nitrogens with one attached hydrogen (secondary N) is 1. The van der Waals surface area contributed by atoms with Crippen molar-refractivity contribution < 1.29 is 4.92 Å². The van der Waals surface area contributed by atoms with Crippen molar-refractivity contribution in [1.82, 2.24) is 10.2 Å². The van der Waals surface area contributed by atoms with Crippen molar-refractivity contribution in [3.8, 4) is 0 Å². The highest BCUT2D eigenvalue weighted by atomic mass is 35.5. The molecule has 1 atom stereocenters. The summed E-state index contributed by atoms with van der Waals surface area (Å²) in [5.74, 6) is 0. The average molecular weight is 298 g/mol. The molecule has 1 saturated heterocycles. The largest absolute Gasteiger partial charge is 0.311 e. The molecule has 0 saturated carbocycles. The van der Waals surface area contributed by atoms with Crippen molar-refractivity contribution in [2.24, 2.45) is 0 Å². The molecule has 20 heavy (non-hydrogen) atoms. The Morgan fingerprint density at radius 2 is 2.30 bits per heavy atom. The first kappa shape index (κ1) is 15.2. The van der Waals surface area contributed by atoms with Gasteiger partial charge in [0.2, 0.25) is 0 Å². The zero-order valence-corrected chi connectivity index (χ0v) is 12.4. The molecule has 1 aliphatic rings. The van der Waals surface area contributed by atoms with Gasteiger partial charge in [-0.3, -0.25) is 10.1 Å². The summed E-state index contributed by atoms with van der Waals surface area (Å²) in [7, 11) is 2.13. The SMILES string of the molecule is CN1CCCCC1CNCc1cc(Cl)ccc1[N+](=O)[O-]. The van der Waals surface area contributed by atoms with Crippen LogP contribution in [0.1, 0.15) is 24.8 Å². The predicted octanol–water partition coefficient (Wildman–Crippen LogP) is 2.82. The van der Waals surface area contributed by atoms with Crippen LogP contribution in [0.15, 0.2) is 18.2 Å². The Bertz CT molecular complexity index is 481. The minimum absolute atomic E-state index is 0.124. The Balaban J connectivity index is 1.93. The lowest BCUT2D eigenvalue weighted by molar-refractivity contribution is -0.385. The van der Waals surface area contributed by atoms with Crippen LogP contribution in [0.3, 0.4) is 0 Å². The molecule has 0 amide bonds. The number of likely N-dealkylation sites (tertiary alicyclic amines) is 1. The second-order valence-electron chi connectivity index (χ2n) is 5.29. The van der Waals surface area contributed by atoms with Gasteiger partial charge in [0.25, 0.3) is 5.69 Å². The molecular formula is C14H20ClN3O2. The summed E-state index contributed by atoms with van der Waals surface area (Å²) in [6.45, 7) is 2.45. The van der Waals surface area contributed by atoms with Crippen LogP contribution in [0.2, 0.25) is 5.02 Å². The highest BCUT2D eigenvalue weighted by Gasteiger charge is 2.19. The first-order valence-corrected chi connectivity index (χ1v) is 7.29. The molecule has 1 unspecified atom stereocenters. The average Bonchev–Trinajstić information content (AvgIpc) is 2.41. The fourth-order valence-electron chi connectivity index (χ4n) is 2.65. The summed E-state index contributed by atoms with van der Waals surface area (Å²) in [4.78, 5) is 13.0. The topological polar surface area (TPSA) is 58.4 Å². The van der Waals surface area contributed by atoms with Crippen LogP contribution in [0, 0.1) is 10.1 Å². The normalized spacial score (nSPS) is 20.0. The van der Waals surface area contributed by atoms with Crippen molar-refractivity contribution in [3.05, 3.63) is 38.9 Å². The molecule has 6 heteroatoms. The summed E-state index contributed by atoms with van der Waals surface area (Å²) in [6.07, 6.45) is 3.70. The highest BCUT2D eigenvalue weighted by molar-refractivity contribution is 6.30.